The standard InChI is InChI=1S/C16H21N3/c1-2-6-13(7-3-1)10-11-17-16-18-12-14-8-4-5-9-15(14)19-16/h4-5,8-9,12-13H,1-3,6-7,10-11H2,(H,17,18,19). The molecule has 0 spiro atoms. The lowest BCUT2D eigenvalue weighted by atomic mass is 9.87. The molecule has 3 nitrogen and oxygen atoms in total. The second kappa shape index (κ2) is 6.00. The van der Waals surface area contributed by atoms with Crippen LogP contribution in [0.15, 0.2) is 30.5 Å². The minimum absolute atomic E-state index is 0.759. The third kappa shape index (κ3) is 3.22. The van der Waals surface area contributed by atoms with Crippen LogP contribution in [0.4, 0.5) is 5.95 Å². The van der Waals surface area contributed by atoms with Gasteiger partial charge in [0.2, 0.25) is 5.95 Å². The fourth-order valence-corrected chi connectivity index (χ4v) is 2.92. The summed E-state index contributed by atoms with van der Waals surface area (Å²) in [6.07, 6.45) is 10.2. The molecule has 1 N–H and O–H groups in total. The summed E-state index contributed by atoms with van der Waals surface area (Å²) in [6.45, 7) is 0.989. The molecule has 2 aromatic rings. The molecular weight excluding hydrogens is 234 g/mol. The Morgan fingerprint density at radius 2 is 1.95 bits per heavy atom. The van der Waals surface area contributed by atoms with Gasteiger partial charge in [0.1, 0.15) is 0 Å². The Bertz CT molecular complexity index is 532. The average Bonchev–Trinajstić information content (AvgIpc) is 2.48. The van der Waals surface area contributed by atoms with E-state index in [1.54, 1.807) is 0 Å². The average molecular weight is 255 g/mol. The highest BCUT2D eigenvalue weighted by atomic mass is 15.1. The van der Waals surface area contributed by atoms with Crippen molar-refractivity contribution >= 4 is 16.9 Å². The van der Waals surface area contributed by atoms with Crippen LogP contribution in [0.1, 0.15) is 38.5 Å². The van der Waals surface area contributed by atoms with E-state index < -0.39 is 0 Å². The maximum absolute atomic E-state index is 4.54. The number of para-hydroxylation sites is 1. The van der Waals surface area contributed by atoms with E-state index in [0.29, 0.717) is 0 Å². The molecule has 0 amide bonds. The number of aromatic nitrogens is 2. The highest BCUT2D eigenvalue weighted by Crippen LogP contribution is 2.26. The second-order valence-corrected chi connectivity index (χ2v) is 5.47. The van der Waals surface area contributed by atoms with Gasteiger partial charge in [0.15, 0.2) is 0 Å². The van der Waals surface area contributed by atoms with Crippen LogP contribution in [0.5, 0.6) is 0 Å². The molecule has 1 fully saturated rings. The number of fused-ring (bicyclic) bond motifs is 1. The fourth-order valence-electron chi connectivity index (χ4n) is 2.92. The Balaban J connectivity index is 1.56. The number of hydrogen-bond donors (Lipinski definition) is 1. The third-order valence-electron chi connectivity index (χ3n) is 4.05. The van der Waals surface area contributed by atoms with Crippen molar-refractivity contribution in [3.63, 3.8) is 0 Å². The number of nitrogens with zero attached hydrogens (tertiary/aromatic N) is 2. The molecule has 3 rings (SSSR count). The molecule has 1 aliphatic carbocycles. The fraction of sp³-hybridized carbons (Fsp3) is 0.500. The molecule has 0 aliphatic heterocycles. The molecule has 1 aromatic heterocycles. The van der Waals surface area contributed by atoms with Crippen molar-refractivity contribution in [3.8, 4) is 0 Å². The smallest absolute Gasteiger partial charge is 0.223 e. The van der Waals surface area contributed by atoms with Crippen LogP contribution >= 0.6 is 0 Å². The van der Waals surface area contributed by atoms with Gasteiger partial charge in [0, 0.05) is 18.1 Å². The molecule has 1 heterocycles. The molecule has 1 saturated carbocycles. The highest BCUT2D eigenvalue weighted by molar-refractivity contribution is 5.78. The van der Waals surface area contributed by atoms with Crippen molar-refractivity contribution in [2.24, 2.45) is 5.92 Å². The maximum atomic E-state index is 4.54. The van der Waals surface area contributed by atoms with E-state index in [9.17, 15) is 0 Å². The largest absolute Gasteiger partial charge is 0.354 e. The van der Waals surface area contributed by atoms with Gasteiger partial charge in [-0.05, 0) is 18.4 Å². The van der Waals surface area contributed by atoms with Crippen molar-refractivity contribution in [3.05, 3.63) is 30.5 Å². The number of hydrogen-bond acceptors (Lipinski definition) is 3. The highest BCUT2D eigenvalue weighted by Gasteiger charge is 2.12. The Labute approximate surface area is 114 Å². The van der Waals surface area contributed by atoms with Crippen LogP contribution in [0.2, 0.25) is 0 Å². The Morgan fingerprint density at radius 3 is 2.84 bits per heavy atom. The van der Waals surface area contributed by atoms with E-state index in [4.69, 9.17) is 0 Å². The van der Waals surface area contributed by atoms with Gasteiger partial charge in [-0.2, -0.15) is 0 Å². The Morgan fingerprint density at radius 1 is 1.11 bits per heavy atom. The topological polar surface area (TPSA) is 37.8 Å². The van der Waals surface area contributed by atoms with Gasteiger partial charge >= 0.3 is 0 Å². The predicted molar refractivity (Wildman–Crippen MR) is 79.2 cm³/mol. The summed E-state index contributed by atoms with van der Waals surface area (Å²) < 4.78 is 0. The van der Waals surface area contributed by atoms with Crippen LogP contribution in [-0.2, 0) is 0 Å². The van der Waals surface area contributed by atoms with Gasteiger partial charge < -0.3 is 5.32 Å². The monoisotopic (exact) mass is 255 g/mol. The number of benzene rings is 1. The number of anilines is 1. The molecule has 0 bridgehead atoms. The van der Waals surface area contributed by atoms with Crippen molar-refractivity contribution in [2.45, 2.75) is 38.5 Å². The summed E-state index contributed by atoms with van der Waals surface area (Å²) in [5, 5.41) is 4.46. The SMILES string of the molecule is c1ccc2nc(NCCC3CCCCC3)ncc2c1. The first-order chi connectivity index (χ1) is 9.42. The predicted octanol–water partition coefficient (Wildman–Crippen LogP) is 4.01. The van der Waals surface area contributed by atoms with Crippen molar-refractivity contribution in [1.82, 2.24) is 9.97 Å². The molecule has 3 heteroatoms. The summed E-state index contributed by atoms with van der Waals surface area (Å²) in [5.74, 6) is 1.66. The van der Waals surface area contributed by atoms with Gasteiger partial charge in [-0.25, -0.2) is 9.97 Å². The zero-order valence-corrected chi connectivity index (χ0v) is 11.3. The minimum atomic E-state index is 0.759. The number of nitrogens with one attached hydrogen (secondary N) is 1. The van der Waals surface area contributed by atoms with E-state index in [0.717, 1.165) is 29.3 Å². The maximum Gasteiger partial charge on any atom is 0.223 e. The van der Waals surface area contributed by atoms with E-state index in [2.05, 4.69) is 15.3 Å². The molecule has 0 unspecified atom stereocenters. The molecule has 0 atom stereocenters. The normalized spacial score (nSPS) is 16.6. The summed E-state index contributed by atoms with van der Waals surface area (Å²) in [6, 6.07) is 8.10. The summed E-state index contributed by atoms with van der Waals surface area (Å²) >= 11 is 0. The van der Waals surface area contributed by atoms with Crippen LogP contribution in [0, 0.1) is 5.92 Å². The van der Waals surface area contributed by atoms with E-state index >= 15 is 0 Å². The van der Waals surface area contributed by atoms with Gasteiger partial charge in [-0.3, -0.25) is 0 Å². The Hall–Kier alpha value is -1.64. The third-order valence-corrected chi connectivity index (χ3v) is 4.05. The zero-order chi connectivity index (χ0) is 12.9. The van der Waals surface area contributed by atoms with Crippen molar-refractivity contribution in [1.29, 1.82) is 0 Å². The van der Waals surface area contributed by atoms with Crippen LogP contribution in [0.3, 0.4) is 0 Å². The molecule has 1 aliphatic rings. The molecule has 100 valence electrons. The summed E-state index contributed by atoms with van der Waals surface area (Å²) in [5.41, 5.74) is 1.01. The summed E-state index contributed by atoms with van der Waals surface area (Å²) in [4.78, 5) is 8.90. The summed E-state index contributed by atoms with van der Waals surface area (Å²) in [7, 11) is 0. The van der Waals surface area contributed by atoms with Gasteiger partial charge in [-0.15, -0.1) is 0 Å². The first-order valence-electron chi connectivity index (χ1n) is 7.37. The van der Waals surface area contributed by atoms with Crippen molar-refractivity contribution in [2.75, 3.05) is 11.9 Å². The van der Waals surface area contributed by atoms with Gasteiger partial charge in [-0.1, -0.05) is 50.3 Å². The van der Waals surface area contributed by atoms with E-state index in [-0.39, 0.29) is 0 Å². The van der Waals surface area contributed by atoms with Gasteiger partial charge in [0.05, 0.1) is 5.52 Å². The Kier molecular flexibility index (Phi) is 3.92. The quantitative estimate of drug-likeness (QED) is 0.897. The lowest BCUT2D eigenvalue weighted by Gasteiger charge is -2.21. The lowest BCUT2D eigenvalue weighted by molar-refractivity contribution is 0.345. The van der Waals surface area contributed by atoms with Crippen LogP contribution in [-0.4, -0.2) is 16.5 Å². The first kappa shape index (κ1) is 12.4. The zero-order valence-electron chi connectivity index (χ0n) is 11.3. The van der Waals surface area contributed by atoms with Crippen LogP contribution in [0.25, 0.3) is 10.9 Å². The second-order valence-electron chi connectivity index (χ2n) is 5.47. The molecule has 19 heavy (non-hydrogen) atoms. The van der Waals surface area contributed by atoms with E-state index in [1.165, 1.54) is 38.5 Å². The molecular formula is C16H21N3. The van der Waals surface area contributed by atoms with Crippen LogP contribution < -0.4 is 5.32 Å². The van der Waals surface area contributed by atoms with E-state index in [1.807, 2.05) is 30.5 Å². The first-order valence-corrected chi connectivity index (χ1v) is 7.37. The minimum Gasteiger partial charge on any atom is -0.354 e. The molecule has 0 radical (unpaired) electrons. The number of rotatable bonds is 4. The van der Waals surface area contributed by atoms with Gasteiger partial charge in [0.25, 0.3) is 0 Å². The van der Waals surface area contributed by atoms with Crippen molar-refractivity contribution < 1.29 is 0 Å². The molecule has 0 saturated heterocycles. The molecule has 1 aromatic carbocycles. The lowest BCUT2D eigenvalue weighted by Crippen LogP contribution is -2.13.